The number of likely N-dealkylation sites (tertiary alicyclic amines) is 1. The standard InChI is InChI=1S/C13H22F3N3O/c1-10-7-19(6-4-17-10)12(20)11-3-2-5-18(8-11)9-13(14,15)16/h10-11,17H,2-9H2,1H3/t10-,11?/m1/s1. The van der Waals surface area contributed by atoms with Crippen molar-refractivity contribution >= 4 is 5.91 Å². The van der Waals surface area contributed by atoms with Gasteiger partial charge in [-0.2, -0.15) is 13.2 Å². The Bertz CT molecular complexity index is 348. The summed E-state index contributed by atoms with van der Waals surface area (Å²) in [6.07, 6.45) is -2.83. The molecule has 2 fully saturated rings. The first kappa shape index (κ1) is 15.6. The maximum absolute atomic E-state index is 12.4. The van der Waals surface area contributed by atoms with Crippen LogP contribution < -0.4 is 5.32 Å². The lowest BCUT2D eigenvalue weighted by atomic mass is 9.96. The predicted molar refractivity (Wildman–Crippen MR) is 69.3 cm³/mol. The van der Waals surface area contributed by atoms with Gasteiger partial charge >= 0.3 is 6.18 Å². The minimum Gasteiger partial charge on any atom is -0.340 e. The van der Waals surface area contributed by atoms with E-state index in [9.17, 15) is 18.0 Å². The molecule has 116 valence electrons. The SMILES string of the molecule is C[C@@H]1CN(C(=O)C2CCCN(CC(F)(F)F)C2)CCN1. The fourth-order valence-corrected chi connectivity index (χ4v) is 3.04. The van der Waals surface area contributed by atoms with Gasteiger partial charge in [-0.3, -0.25) is 9.69 Å². The van der Waals surface area contributed by atoms with Crippen molar-refractivity contribution in [1.82, 2.24) is 15.1 Å². The van der Waals surface area contributed by atoms with Gasteiger partial charge in [0.05, 0.1) is 12.5 Å². The fraction of sp³-hybridized carbons (Fsp3) is 0.923. The average Bonchev–Trinajstić information content (AvgIpc) is 2.36. The lowest BCUT2D eigenvalue weighted by Crippen LogP contribution is -2.54. The van der Waals surface area contributed by atoms with E-state index in [0.29, 0.717) is 32.5 Å². The molecule has 1 unspecified atom stereocenters. The summed E-state index contributed by atoms with van der Waals surface area (Å²) in [5.41, 5.74) is 0. The number of carbonyl (C=O) groups excluding carboxylic acids is 1. The van der Waals surface area contributed by atoms with Crippen molar-refractivity contribution in [3.8, 4) is 0 Å². The number of piperazine rings is 1. The first-order valence-corrected chi connectivity index (χ1v) is 7.16. The minimum absolute atomic E-state index is 0.0187. The molecule has 0 spiro atoms. The summed E-state index contributed by atoms with van der Waals surface area (Å²) in [6, 6.07) is 0.252. The van der Waals surface area contributed by atoms with Crippen molar-refractivity contribution in [3.63, 3.8) is 0 Å². The zero-order chi connectivity index (χ0) is 14.8. The quantitative estimate of drug-likeness (QED) is 0.827. The summed E-state index contributed by atoms with van der Waals surface area (Å²) in [5.74, 6) is -0.262. The van der Waals surface area contributed by atoms with E-state index in [1.807, 2.05) is 6.92 Å². The Labute approximate surface area is 117 Å². The second kappa shape index (κ2) is 6.30. The largest absolute Gasteiger partial charge is 0.401 e. The van der Waals surface area contributed by atoms with E-state index in [4.69, 9.17) is 0 Å². The summed E-state index contributed by atoms with van der Waals surface area (Å²) < 4.78 is 37.3. The van der Waals surface area contributed by atoms with E-state index in [-0.39, 0.29) is 24.4 Å². The van der Waals surface area contributed by atoms with Crippen molar-refractivity contribution in [2.24, 2.45) is 5.92 Å². The van der Waals surface area contributed by atoms with Crippen LogP contribution in [0.1, 0.15) is 19.8 Å². The molecule has 0 aliphatic carbocycles. The van der Waals surface area contributed by atoms with E-state index in [1.54, 1.807) is 4.90 Å². The molecule has 20 heavy (non-hydrogen) atoms. The zero-order valence-electron chi connectivity index (χ0n) is 11.7. The van der Waals surface area contributed by atoms with E-state index in [0.717, 1.165) is 6.54 Å². The third kappa shape index (κ3) is 4.34. The average molecular weight is 293 g/mol. The molecule has 2 heterocycles. The highest BCUT2D eigenvalue weighted by molar-refractivity contribution is 5.79. The van der Waals surface area contributed by atoms with E-state index in [2.05, 4.69) is 5.32 Å². The fourth-order valence-electron chi connectivity index (χ4n) is 3.04. The topological polar surface area (TPSA) is 35.6 Å². The van der Waals surface area contributed by atoms with Gasteiger partial charge in [0.15, 0.2) is 0 Å². The van der Waals surface area contributed by atoms with Gasteiger partial charge in [-0.25, -0.2) is 0 Å². The molecule has 7 heteroatoms. The number of nitrogens with one attached hydrogen (secondary N) is 1. The Kier molecular flexibility index (Phi) is 4.90. The third-order valence-electron chi connectivity index (χ3n) is 3.94. The van der Waals surface area contributed by atoms with Crippen molar-refractivity contribution in [1.29, 1.82) is 0 Å². The molecule has 0 bridgehead atoms. The molecule has 0 aromatic rings. The Morgan fingerprint density at radius 1 is 1.30 bits per heavy atom. The molecule has 0 aromatic carbocycles. The predicted octanol–water partition coefficient (Wildman–Crippen LogP) is 1.08. The smallest absolute Gasteiger partial charge is 0.340 e. The first-order valence-electron chi connectivity index (χ1n) is 7.16. The van der Waals surface area contributed by atoms with Gasteiger partial charge in [0.1, 0.15) is 0 Å². The number of nitrogens with zero attached hydrogens (tertiary/aromatic N) is 2. The van der Waals surface area contributed by atoms with Gasteiger partial charge in [0.25, 0.3) is 0 Å². The van der Waals surface area contributed by atoms with Crippen LogP contribution in [0.2, 0.25) is 0 Å². The maximum Gasteiger partial charge on any atom is 0.401 e. The van der Waals surface area contributed by atoms with Gasteiger partial charge in [-0.05, 0) is 26.3 Å². The molecular formula is C13H22F3N3O. The Morgan fingerprint density at radius 2 is 2.05 bits per heavy atom. The molecular weight excluding hydrogens is 271 g/mol. The molecule has 0 aromatic heterocycles. The number of hydrogen-bond acceptors (Lipinski definition) is 3. The highest BCUT2D eigenvalue weighted by Gasteiger charge is 2.36. The second-order valence-corrected chi connectivity index (χ2v) is 5.83. The molecule has 2 atom stereocenters. The van der Waals surface area contributed by atoms with Crippen LogP contribution in [0.5, 0.6) is 0 Å². The highest BCUT2D eigenvalue weighted by atomic mass is 19.4. The van der Waals surface area contributed by atoms with Crippen LogP contribution >= 0.6 is 0 Å². The Hall–Kier alpha value is -0.820. The molecule has 0 radical (unpaired) electrons. The zero-order valence-corrected chi connectivity index (χ0v) is 11.7. The first-order chi connectivity index (χ1) is 9.35. The summed E-state index contributed by atoms with van der Waals surface area (Å²) in [5, 5.41) is 3.26. The highest BCUT2D eigenvalue weighted by Crippen LogP contribution is 2.23. The second-order valence-electron chi connectivity index (χ2n) is 5.83. The van der Waals surface area contributed by atoms with Crippen LogP contribution in [-0.2, 0) is 4.79 Å². The summed E-state index contributed by atoms with van der Waals surface area (Å²) >= 11 is 0. The lowest BCUT2D eigenvalue weighted by molar-refractivity contribution is -0.154. The number of halogens is 3. The van der Waals surface area contributed by atoms with Gasteiger partial charge in [-0.1, -0.05) is 0 Å². The van der Waals surface area contributed by atoms with Crippen LogP contribution in [0.3, 0.4) is 0 Å². The minimum atomic E-state index is -4.19. The van der Waals surface area contributed by atoms with Crippen molar-refractivity contribution in [2.45, 2.75) is 32.0 Å². The van der Waals surface area contributed by atoms with Gasteiger partial charge in [0.2, 0.25) is 5.91 Å². The van der Waals surface area contributed by atoms with Crippen LogP contribution in [0.25, 0.3) is 0 Å². The molecule has 2 aliphatic heterocycles. The van der Waals surface area contributed by atoms with Crippen molar-refractivity contribution < 1.29 is 18.0 Å². The van der Waals surface area contributed by atoms with E-state index >= 15 is 0 Å². The molecule has 2 rings (SSSR count). The van der Waals surface area contributed by atoms with Gasteiger partial charge in [-0.15, -0.1) is 0 Å². The summed E-state index contributed by atoms with van der Waals surface area (Å²) in [4.78, 5) is 15.6. The van der Waals surface area contributed by atoms with Crippen molar-refractivity contribution in [3.05, 3.63) is 0 Å². The van der Waals surface area contributed by atoms with Gasteiger partial charge in [0, 0.05) is 32.2 Å². The molecule has 4 nitrogen and oxygen atoms in total. The molecule has 0 saturated carbocycles. The maximum atomic E-state index is 12.4. The van der Waals surface area contributed by atoms with Crippen LogP contribution in [0.15, 0.2) is 0 Å². The number of alkyl halides is 3. The molecule has 2 saturated heterocycles. The van der Waals surface area contributed by atoms with Gasteiger partial charge < -0.3 is 10.2 Å². The van der Waals surface area contributed by atoms with Crippen LogP contribution in [-0.4, -0.2) is 67.2 Å². The van der Waals surface area contributed by atoms with Crippen LogP contribution in [0, 0.1) is 5.92 Å². The summed E-state index contributed by atoms with van der Waals surface area (Å²) in [7, 11) is 0. The number of rotatable bonds is 2. The molecule has 2 aliphatic rings. The monoisotopic (exact) mass is 293 g/mol. The van der Waals surface area contributed by atoms with E-state index in [1.165, 1.54) is 4.90 Å². The Balaban J connectivity index is 1.89. The normalized spacial score (nSPS) is 29.5. The molecule has 1 N–H and O–H groups in total. The number of amides is 1. The number of hydrogen-bond donors (Lipinski definition) is 1. The lowest BCUT2D eigenvalue weighted by Gasteiger charge is -2.38. The van der Waals surface area contributed by atoms with Crippen LogP contribution in [0.4, 0.5) is 13.2 Å². The molecule has 1 amide bonds. The number of piperidine rings is 1. The van der Waals surface area contributed by atoms with E-state index < -0.39 is 12.7 Å². The number of carbonyl (C=O) groups is 1. The third-order valence-corrected chi connectivity index (χ3v) is 3.94. The van der Waals surface area contributed by atoms with Crippen molar-refractivity contribution in [2.75, 3.05) is 39.3 Å². The Morgan fingerprint density at radius 3 is 2.70 bits per heavy atom. The summed E-state index contributed by atoms with van der Waals surface area (Å²) in [6.45, 7) is 3.82.